The molecule has 2 aliphatic heterocycles. The Morgan fingerprint density at radius 3 is 2.83 bits per heavy atom. The SMILES string of the molecule is C=CCCN1C(=O)[C@H](OC)[C@@H]1[C@H]1COC(C)(C)O1. The van der Waals surface area contributed by atoms with Gasteiger partial charge >= 0.3 is 0 Å². The average molecular weight is 255 g/mol. The van der Waals surface area contributed by atoms with Gasteiger partial charge in [0.2, 0.25) is 0 Å². The van der Waals surface area contributed by atoms with E-state index in [9.17, 15) is 4.79 Å². The molecule has 2 heterocycles. The van der Waals surface area contributed by atoms with Crippen LogP contribution in [-0.2, 0) is 19.0 Å². The highest BCUT2D eigenvalue weighted by molar-refractivity contribution is 5.88. The van der Waals surface area contributed by atoms with Crippen molar-refractivity contribution in [2.75, 3.05) is 20.3 Å². The van der Waals surface area contributed by atoms with Crippen molar-refractivity contribution in [3.8, 4) is 0 Å². The van der Waals surface area contributed by atoms with Crippen LogP contribution >= 0.6 is 0 Å². The predicted molar refractivity (Wildman–Crippen MR) is 66.0 cm³/mol. The molecule has 0 aromatic carbocycles. The molecule has 5 nitrogen and oxygen atoms in total. The third-order valence-corrected chi connectivity index (χ3v) is 3.44. The van der Waals surface area contributed by atoms with E-state index in [0.717, 1.165) is 6.42 Å². The van der Waals surface area contributed by atoms with E-state index in [2.05, 4.69) is 6.58 Å². The van der Waals surface area contributed by atoms with Crippen molar-refractivity contribution in [1.82, 2.24) is 4.90 Å². The van der Waals surface area contributed by atoms with Gasteiger partial charge in [-0.05, 0) is 20.3 Å². The number of methoxy groups -OCH3 is 1. The summed E-state index contributed by atoms with van der Waals surface area (Å²) in [5.74, 6) is -0.552. The topological polar surface area (TPSA) is 48.0 Å². The maximum atomic E-state index is 11.9. The minimum atomic E-state index is -0.578. The molecular formula is C13H21NO4. The van der Waals surface area contributed by atoms with Crippen LogP contribution in [0.15, 0.2) is 12.7 Å². The van der Waals surface area contributed by atoms with Crippen LogP contribution in [0.25, 0.3) is 0 Å². The first-order chi connectivity index (χ1) is 8.50. The van der Waals surface area contributed by atoms with E-state index in [4.69, 9.17) is 14.2 Å². The lowest BCUT2D eigenvalue weighted by molar-refractivity contribution is -0.192. The highest BCUT2D eigenvalue weighted by Crippen LogP contribution is 2.33. The maximum Gasteiger partial charge on any atom is 0.254 e. The van der Waals surface area contributed by atoms with Crippen LogP contribution in [0.5, 0.6) is 0 Å². The third-order valence-electron chi connectivity index (χ3n) is 3.44. The molecule has 102 valence electrons. The molecule has 0 bridgehead atoms. The van der Waals surface area contributed by atoms with Crippen molar-refractivity contribution in [2.24, 2.45) is 0 Å². The van der Waals surface area contributed by atoms with E-state index in [-0.39, 0.29) is 18.1 Å². The number of nitrogens with zero attached hydrogens (tertiary/aromatic N) is 1. The fourth-order valence-corrected chi connectivity index (χ4v) is 2.55. The van der Waals surface area contributed by atoms with Gasteiger partial charge in [0.25, 0.3) is 5.91 Å². The monoisotopic (exact) mass is 255 g/mol. The van der Waals surface area contributed by atoms with Crippen molar-refractivity contribution in [2.45, 2.75) is 44.3 Å². The lowest BCUT2D eigenvalue weighted by Crippen LogP contribution is -2.70. The highest BCUT2D eigenvalue weighted by atomic mass is 16.7. The molecule has 5 heteroatoms. The Morgan fingerprint density at radius 1 is 1.61 bits per heavy atom. The normalized spacial score (nSPS) is 34.5. The van der Waals surface area contributed by atoms with Gasteiger partial charge in [-0.1, -0.05) is 6.08 Å². The number of carbonyl (C=O) groups is 1. The zero-order valence-electron chi connectivity index (χ0n) is 11.2. The predicted octanol–water partition coefficient (Wildman–Crippen LogP) is 0.940. The first kappa shape index (κ1) is 13.5. The maximum absolute atomic E-state index is 11.9. The Hall–Kier alpha value is -0.910. The zero-order chi connectivity index (χ0) is 13.3. The Morgan fingerprint density at radius 2 is 2.33 bits per heavy atom. The molecule has 0 aromatic rings. The quantitative estimate of drug-likeness (QED) is 0.542. The number of β-lactam (4-membered cyclic amide) rings is 1. The Bertz CT molecular complexity index is 342. The third kappa shape index (κ3) is 2.30. The molecule has 2 rings (SSSR count). The highest BCUT2D eigenvalue weighted by Gasteiger charge is 2.54. The van der Waals surface area contributed by atoms with Gasteiger partial charge in [0.15, 0.2) is 11.9 Å². The standard InChI is InChI=1S/C13H21NO4/c1-5-6-7-14-10(11(16-4)12(14)15)9-8-17-13(2,3)18-9/h5,9-11H,1,6-8H2,2-4H3/t9-,10+,11-/m1/s1. The molecule has 2 fully saturated rings. The van der Waals surface area contributed by atoms with Gasteiger partial charge in [0.05, 0.1) is 12.6 Å². The van der Waals surface area contributed by atoms with E-state index >= 15 is 0 Å². The van der Waals surface area contributed by atoms with Crippen LogP contribution in [0.1, 0.15) is 20.3 Å². The van der Waals surface area contributed by atoms with Crippen molar-refractivity contribution in [1.29, 1.82) is 0 Å². The van der Waals surface area contributed by atoms with Crippen molar-refractivity contribution in [3.63, 3.8) is 0 Å². The Kier molecular flexibility index (Phi) is 3.75. The number of ether oxygens (including phenoxy) is 3. The van der Waals surface area contributed by atoms with Gasteiger partial charge in [0, 0.05) is 13.7 Å². The number of amides is 1. The zero-order valence-corrected chi connectivity index (χ0v) is 11.2. The second-order valence-corrected chi connectivity index (χ2v) is 5.12. The molecule has 0 saturated carbocycles. The van der Waals surface area contributed by atoms with E-state index in [0.29, 0.717) is 13.2 Å². The van der Waals surface area contributed by atoms with Crippen molar-refractivity contribution in [3.05, 3.63) is 12.7 Å². The van der Waals surface area contributed by atoms with Crippen LogP contribution in [0, 0.1) is 0 Å². The van der Waals surface area contributed by atoms with E-state index < -0.39 is 11.9 Å². The molecule has 18 heavy (non-hydrogen) atoms. The summed E-state index contributed by atoms with van der Waals surface area (Å²) >= 11 is 0. The molecule has 0 spiro atoms. The fraction of sp³-hybridized carbons (Fsp3) is 0.769. The van der Waals surface area contributed by atoms with Gasteiger partial charge in [0.1, 0.15) is 6.10 Å². The van der Waals surface area contributed by atoms with Crippen LogP contribution in [-0.4, -0.2) is 55.1 Å². The second kappa shape index (κ2) is 4.99. The molecule has 0 radical (unpaired) electrons. The lowest BCUT2D eigenvalue weighted by atomic mass is 9.92. The van der Waals surface area contributed by atoms with Crippen LogP contribution in [0.4, 0.5) is 0 Å². The van der Waals surface area contributed by atoms with Crippen LogP contribution in [0.3, 0.4) is 0 Å². The molecule has 0 unspecified atom stereocenters. The minimum absolute atomic E-state index is 0.0256. The number of rotatable bonds is 5. The average Bonchev–Trinajstić information content (AvgIpc) is 2.66. The number of hydrogen-bond acceptors (Lipinski definition) is 4. The van der Waals surface area contributed by atoms with Gasteiger partial charge in [-0.3, -0.25) is 4.79 Å². The lowest BCUT2D eigenvalue weighted by Gasteiger charge is -2.48. The van der Waals surface area contributed by atoms with Crippen LogP contribution in [0.2, 0.25) is 0 Å². The summed E-state index contributed by atoms with van der Waals surface area (Å²) in [4.78, 5) is 13.7. The molecule has 2 aliphatic rings. The van der Waals surface area contributed by atoms with Crippen LogP contribution < -0.4 is 0 Å². The minimum Gasteiger partial charge on any atom is -0.369 e. The summed E-state index contributed by atoms with van der Waals surface area (Å²) in [7, 11) is 1.56. The van der Waals surface area contributed by atoms with Gasteiger partial charge in [-0.15, -0.1) is 6.58 Å². The largest absolute Gasteiger partial charge is 0.369 e. The summed E-state index contributed by atoms with van der Waals surface area (Å²) in [6.45, 7) is 8.59. The summed E-state index contributed by atoms with van der Waals surface area (Å²) in [5, 5.41) is 0. The molecule has 1 amide bonds. The van der Waals surface area contributed by atoms with Crippen molar-refractivity contribution >= 4 is 5.91 Å². The first-order valence-corrected chi connectivity index (χ1v) is 6.26. The summed E-state index contributed by atoms with van der Waals surface area (Å²) in [6, 6.07) is -0.0516. The Balaban J connectivity index is 2.03. The molecule has 2 saturated heterocycles. The molecule has 3 atom stereocenters. The summed E-state index contributed by atoms with van der Waals surface area (Å²) in [5.41, 5.74) is 0. The number of likely N-dealkylation sites (tertiary alicyclic amines) is 1. The summed E-state index contributed by atoms with van der Waals surface area (Å²) < 4.78 is 16.6. The first-order valence-electron chi connectivity index (χ1n) is 6.26. The number of hydrogen-bond donors (Lipinski definition) is 0. The number of carbonyl (C=O) groups excluding carboxylic acids is 1. The smallest absolute Gasteiger partial charge is 0.254 e. The van der Waals surface area contributed by atoms with Crippen molar-refractivity contribution < 1.29 is 19.0 Å². The van der Waals surface area contributed by atoms with Gasteiger partial charge in [-0.2, -0.15) is 0 Å². The molecular weight excluding hydrogens is 234 g/mol. The Labute approximate surface area is 108 Å². The van der Waals surface area contributed by atoms with E-state index in [1.54, 1.807) is 18.1 Å². The molecule has 0 aromatic heterocycles. The molecule has 0 aliphatic carbocycles. The van der Waals surface area contributed by atoms with Gasteiger partial charge < -0.3 is 19.1 Å². The summed E-state index contributed by atoms with van der Waals surface area (Å²) in [6.07, 6.45) is 2.06. The second-order valence-electron chi connectivity index (χ2n) is 5.12. The van der Waals surface area contributed by atoms with E-state index in [1.165, 1.54) is 0 Å². The van der Waals surface area contributed by atoms with E-state index in [1.807, 2.05) is 13.8 Å². The molecule has 0 N–H and O–H groups in total. The fourth-order valence-electron chi connectivity index (χ4n) is 2.55. The van der Waals surface area contributed by atoms with Gasteiger partial charge in [-0.25, -0.2) is 0 Å².